The van der Waals surface area contributed by atoms with Gasteiger partial charge in [0.25, 0.3) is 7.82 Å². The minimum Gasteiger partial charge on any atom is -1.00 e. The summed E-state index contributed by atoms with van der Waals surface area (Å²) >= 11 is 0. The number of hydrogen-bond acceptors (Lipinski definition) is 3. The fraction of sp³-hybridized carbons (Fsp3) is 0. The Morgan fingerprint density at radius 1 is 0.846 bits per heavy atom. The van der Waals surface area contributed by atoms with Gasteiger partial charge >= 0.3 is 66.9 Å². The van der Waals surface area contributed by atoms with Crippen LogP contribution in [0.4, 0.5) is 0 Å². The van der Waals surface area contributed by atoms with Crippen molar-refractivity contribution in [3.05, 3.63) is 0 Å². The van der Waals surface area contributed by atoms with Crippen molar-refractivity contribution in [2.75, 3.05) is 0 Å². The summed E-state index contributed by atoms with van der Waals surface area (Å²) < 4.78 is 17.7. The van der Waals surface area contributed by atoms with Crippen LogP contribution in [0.15, 0.2) is 0 Å². The van der Waals surface area contributed by atoms with Gasteiger partial charge in [0.15, 0.2) is 0 Å². The maximum Gasteiger partial charge on any atom is 1.00 e. The maximum absolute atomic E-state index is 8.88. The Morgan fingerprint density at radius 2 is 0.846 bits per heavy atom. The largest absolute Gasteiger partial charge is 1.00 e. The molecule has 0 saturated carbocycles. The van der Waals surface area contributed by atoms with Gasteiger partial charge in [0, 0.05) is 0 Å². The van der Waals surface area contributed by atoms with E-state index in [0.717, 1.165) is 0 Å². The number of rotatable bonds is 0. The third-order valence-electron chi connectivity index (χ3n) is 0. The van der Waals surface area contributed by atoms with Gasteiger partial charge in [0.2, 0.25) is 0 Å². The summed E-state index contributed by atoms with van der Waals surface area (Å²) in [7, 11) is -9.53. The molecule has 0 aliphatic heterocycles. The van der Waals surface area contributed by atoms with Gasteiger partial charge in [0.05, 0.1) is 0 Å². The number of hydrogen-bond donors (Lipinski definition) is 5. The topological polar surface area (TPSA) is 158 Å². The molecule has 0 atom stereocenters. The Balaban J connectivity index is -0.0000000267. The third-order valence-corrected chi connectivity index (χ3v) is 0. The summed E-state index contributed by atoms with van der Waals surface area (Å²) in [5, 5.41) is 0. The van der Waals surface area contributed by atoms with Gasteiger partial charge in [-0.2, -0.15) is 0 Å². The Hall–Kier alpha value is 2.51. The van der Waals surface area contributed by atoms with E-state index in [1.165, 1.54) is 0 Å². The van der Waals surface area contributed by atoms with E-state index in [2.05, 4.69) is 0 Å². The van der Waals surface area contributed by atoms with Crippen molar-refractivity contribution in [2.45, 2.75) is 0 Å². The third kappa shape index (κ3) is 360. The van der Waals surface area contributed by atoms with Gasteiger partial charge in [0.1, 0.15) is 0 Å². The first-order chi connectivity index (χ1) is 4.00. The molecular weight excluding hydrogens is 271 g/mol. The van der Waals surface area contributed by atoms with E-state index in [9.17, 15) is 0 Å². The van der Waals surface area contributed by atoms with E-state index in [-0.39, 0.29) is 71.5 Å². The molecule has 0 fully saturated rings. The zero-order chi connectivity index (χ0) is 9.00. The van der Waals surface area contributed by atoms with E-state index in [4.69, 9.17) is 38.5 Å². The predicted molar refractivity (Wildman–Crippen MR) is 26.3 cm³/mol. The molecule has 0 amide bonds. The molecule has 0 aliphatic carbocycles. The molecule has 0 spiro atoms. The molecule has 0 rings (SSSR count). The molecule has 0 aliphatic rings. The Labute approximate surface area is 124 Å². The van der Waals surface area contributed by atoms with Gasteiger partial charge in [-0.3, -0.25) is 4.57 Å². The van der Waals surface area contributed by atoms with Gasteiger partial charge in [-0.1, -0.05) is 0 Å². The van der Waals surface area contributed by atoms with Crippen LogP contribution in [0.25, 0.3) is 0 Å². The van der Waals surface area contributed by atoms with Crippen LogP contribution in [-0.2, 0) is 9.13 Å². The van der Waals surface area contributed by atoms with Crippen LogP contribution in [0.1, 0.15) is 0 Å². The molecule has 72 valence electrons. The van der Waals surface area contributed by atoms with Crippen molar-refractivity contribution >= 4 is 15.6 Å². The molecule has 0 unspecified atom stereocenters. The minimum atomic E-state index is -4.89. The van der Waals surface area contributed by atoms with Crippen molar-refractivity contribution in [3.8, 4) is 0 Å². The molecule has 0 saturated heterocycles. The molecule has 13 heavy (non-hydrogen) atoms. The van der Waals surface area contributed by atoms with E-state index < -0.39 is 15.6 Å². The summed E-state index contributed by atoms with van der Waals surface area (Å²) in [6, 6.07) is 0. The Bertz CT molecular complexity index is 132. The molecule has 0 aromatic rings. The van der Waals surface area contributed by atoms with Gasteiger partial charge in [-0.25, -0.2) is 4.57 Å². The van der Waals surface area contributed by atoms with Gasteiger partial charge < -0.3 is 41.8 Å². The van der Waals surface area contributed by atoms with E-state index in [0.29, 0.717) is 0 Å². The van der Waals surface area contributed by atoms with Crippen molar-refractivity contribution in [2.24, 2.45) is 0 Å². The first kappa shape index (κ1) is 29.6. The van der Waals surface area contributed by atoms with Gasteiger partial charge in [-0.05, 0) is 0 Å². The summed E-state index contributed by atoms with van der Waals surface area (Å²) in [6.45, 7) is 0. The van der Waals surface area contributed by atoms with Gasteiger partial charge in [-0.15, -0.1) is 0 Å². The van der Waals surface area contributed by atoms with Crippen molar-refractivity contribution in [3.63, 3.8) is 0 Å². The predicted octanol–water partition coefficient (Wildman–Crippen LogP) is -11.5. The molecule has 5 N–H and O–H groups in total. The average molecular weight is 276 g/mol. The smallest absolute Gasteiger partial charge is 1.00 e. The van der Waals surface area contributed by atoms with Crippen molar-refractivity contribution < 1.29 is 110 Å². The minimum absolute atomic E-state index is 0. The molecule has 0 heterocycles. The molecule has 13 heteroatoms. The summed E-state index contributed by atoms with van der Waals surface area (Å²) in [5.74, 6) is 0. The zero-order valence-corrected chi connectivity index (χ0v) is 13.3. The zero-order valence-electron chi connectivity index (χ0n) is 6.73. The van der Waals surface area contributed by atoms with Crippen LogP contribution < -0.4 is 76.4 Å². The standard InChI is InChI=1S/ClH.2Na.2H3O4P/c;;;2*1-5(2,3)4/h1H;;;2*(H3,1,2,3,4)/q;2*+1;;/p-2. The first-order valence-electron chi connectivity index (χ1n) is 1.55. The average Bonchev–Trinajstić information content (AvgIpc) is 1.12. The Morgan fingerprint density at radius 3 is 0.846 bits per heavy atom. The summed E-state index contributed by atoms with van der Waals surface area (Å²) in [5.41, 5.74) is 0. The maximum atomic E-state index is 8.88. The normalized spacial score (nSPS) is 9.08. The van der Waals surface area contributed by atoms with Crippen LogP contribution in [0.3, 0.4) is 0 Å². The molecule has 0 aromatic heterocycles. The quantitative estimate of drug-likeness (QED) is 0.215. The molecule has 0 bridgehead atoms. The SMILES string of the molecule is O=P(O)(O)O.O=P([O-])(O)O.[Cl-].[Na+].[Na+]. The first-order valence-corrected chi connectivity index (χ1v) is 4.64. The second-order valence-electron chi connectivity index (χ2n) is 1.00. The second-order valence-corrected chi connectivity index (χ2v) is 3.01. The number of halogens is 1. The van der Waals surface area contributed by atoms with E-state index in [1.807, 2.05) is 0 Å². The van der Waals surface area contributed by atoms with Crippen LogP contribution in [0.2, 0.25) is 0 Å². The fourth-order valence-electron chi connectivity index (χ4n) is 0. The summed E-state index contributed by atoms with van der Waals surface area (Å²) in [4.78, 5) is 44.5. The molecular formula is H5ClNa2O8P2. The number of phosphoric acid groups is 2. The van der Waals surface area contributed by atoms with E-state index in [1.54, 1.807) is 0 Å². The molecule has 0 aromatic carbocycles. The summed E-state index contributed by atoms with van der Waals surface area (Å²) in [6.07, 6.45) is 0. The monoisotopic (exact) mass is 276 g/mol. The second kappa shape index (κ2) is 12.6. The van der Waals surface area contributed by atoms with Crippen LogP contribution >= 0.6 is 15.6 Å². The fourth-order valence-corrected chi connectivity index (χ4v) is 0. The van der Waals surface area contributed by atoms with Crippen LogP contribution in [0.5, 0.6) is 0 Å². The molecule has 8 nitrogen and oxygen atoms in total. The van der Waals surface area contributed by atoms with E-state index >= 15 is 0 Å². The van der Waals surface area contributed by atoms with Crippen LogP contribution in [-0.4, -0.2) is 24.5 Å². The Kier molecular flexibility index (Phi) is 28.6. The van der Waals surface area contributed by atoms with Crippen LogP contribution in [0, 0.1) is 0 Å². The molecule has 0 radical (unpaired) electrons. The van der Waals surface area contributed by atoms with Crippen molar-refractivity contribution in [1.29, 1.82) is 0 Å². The van der Waals surface area contributed by atoms with Crippen molar-refractivity contribution in [1.82, 2.24) is 0 Å².